The summed E-state index contributed by atoms with van der Waals surface area (Å²) in [7, 11) is 1.67. The van der Waals surface area contributed by atoms with E-state index in [4.69, 9.17) is 15.6 Å². The van der Waals surface area contributed by atoms with Crippen LogP contribution in [0.1, 0.15) is 45.2 Å². The summed E-state index contributed by atoms with van der Waals surface area (Å²) in [6, 6.07) is 8.75. The first-order chi connectivity index (χ1) is 10.0. The third kappa shape index (κ3) is 4.99. The van der Waals surface area contributed by atoms with E-state index in [-0.39, 0.29) is 18.7 Å². The fourth-order valence-electron chi connectivity index (χ4n) is 2.68. The van der Waals surface area contributed by atoms with E-state index in [0.717, 1.165) is 25.1 Å². The van der Waals surface area contributed by atoms with Crippen LogP contribution in [0.25, 0.3) is 0 Å². The minimum Gasteiger partial charge on any atom is -0.497 e. The maximum Gasteiger partial charge on any atom is 0.118 e. The molecule has 0 bridgehead atoms. The lowest BCUT2D eigenvalue weighted by Crippen LogP contribution is -2.44. The number of methoxy groups -OCH3 is 1. The molecule has 0 aliphatic carbocycles. The predicted molar refractivity (Wildman–Crippen MR) is 87.5 cm³/mol. The second-order valence-electron chi connectivity index (χ2n) is 5.70. The normalized spacial score (nSPS) is 14.5. The Morgan fingerprint density at radius 3 is 2.29 bits per heavy atom. The second kappa shape index (κ2) is 9.03. The van der Waals surface area contributed by atoms with Gasteiger partial charge in [-0.1, -0.05) is 19.1 Å². The Bertz CT molecular complexity index is 392. The Morgan fingerprint density at radius 1 is 1.24 bits per heavy atom. The summed E-state index contributed by atoms with van der Waals surface area (Å²) in [5, 5.41) is 9.14. The van der Waals surface area contributed by atoms with Gasteiger partial charge in [0.2, 0.25) is 0 Å². The van der Waals surface area contributed by atoms with Gasteiger partial charge < -0.3 is 15.6 Å². The van der Waals surface area contributed by atoms with Crippen LogP contribution in [0.5, 0.6) is 5.75 Å². The van der Waals surface area contributed by atoms with E-state index < -0.39 is 0 Å². The van der Waals surface area contributed by atoms with Crippen molar-refractivity contribution in [3.8, 4) is 5.75 Å². The Kier molecular flexibility index (Phi) is 7.72. The van der Waals surface area contributed by atoms with Crippen LogP contribution < -0.4 is 10.5 Å². The third-order valence-electron chi connectivity index (χ3n) is 3.93. The largest absolute Gasteiger partial charge is 0.497 e. The molecule has 2 unspecified atom stereocenters. The highest BCUT2D eigenvalue weighted by molar-refractivity contribution is 5.30. The molecule has 0 fully saturated rings. The Balaban J connectivity index is 3.06. The van der Waals surface area contributed by atoms with Crippen molar-refractivity contribution in [2.24, 2.45) is 5.73 Å². The summed E-state index contributed by atoms with van der Waals surface area (Å²) < 4.78 is 5.23. The molecule has 0 heterocycles. The maximum absolute atomic E-state index is 9.14. The quantitative estimate of drug-likeness (QED) is 0.735. The van der Waals surface area contributed by atoms with Crippen LogP contribution in [-0.2, 0) is 0 Å². The molecule has 1 aromatic carbocycles. The molecule has 21 heavy (non-hydrogen) atoms. The molecule has 0 spiro atoms. The molecule has 0 saturated heterocycles. The Labute approximate surface area is 128 Å². The minimum absolute atomic E-state index is 0.0690. The van der Waals surface area contributed by atoms with Gasteiger partial charge in [-0.25, -0.2) is 0 Å². The summed E-state index contributed by atoms with van der Waals surface area (Å²) >= 11 is 0. The van der Waals surface area contributed by atoms with Gasteiger partial charge in [-0.3, -0.25) is 4.90 Å². The summed E-state index contributed by atoms with van der Waals surface area (Å²) in [6.07, 6.45) is 1.68. The van der Waals surface area contributed by atoms with Crippen molar-refractivity contribution in [2.45, 2.75) is 51.7 Å². The van der Waals surface area contributed by atoms with Crippen LogP contribution >= 0.6 is 0 Å². The highest BCUT2D eigenvalue weighted by Gasteiger charge is 2.27. The molecule has 1 aromatic rings. The zero-order valence-electron chi connectivity index (χ0n) is 13.7. The van der Waals surface area contributed by atoms with Crippen molar-refractivity contribution < 1.29 is 9.84 Å². The number of nitrogens with two attached hydrogens (primary N) is 1. The van der Waals surface area contributed by atoms with Crippen molar-refractivity contribution in [1.29, 1.82) is 0 Å². The first-order valence-electron chi connectivity index (χ1n) is 7.81. The molecular formula is C17H30N2O2. The standard InChI is InChI=1S/C17H30N2O2/c1-5-16(18)17(19(13(2)3)11-6-12-20)14-7-9-15(21-4)10-8-14/h7-10,13,16-17,20H,5-6,11-12,18H2,1-4H3. The van der Waals surface area contributed by atoms with E-state index in [9.17, 15) is 0 Å². The van der Waals surface area contributed by atoms with Crippen LogP contribution in [0.4, 0.5) is 0 Å². The van der Waals surface area contributed by atoms with Crippen molar-refractivity contribution in [3.63, 3.8) is 0 Å². The molecule has 0 aliphatic heterocycles. The predicted octanol–water partition coefficient (Wildman–Crippen LogP) is 2.57. The van der Waals surface area contributed by atoms with E-state index in [1.165, 1.54) is 5.56 Å². The summed E-state index contributed by atoms with van der Waals surface area (Å²) in [4.78, 5) is 2.38. The molecular weight excluding hydrogens is 264 g/mol. The lowest BCUT2D eigenvalue weighted by atomic mass is 9.95. The Hall–Kier alpha value is -1.10. The van der Waals surface area contributed by atoms with Gasteiger partial charge in [0.25, 0.3) is 0 Å². The van der Waals surface area contributed by atoms with Crippen LogP contribution in [-0.4, -0.2) is 42.4 Å². The third-order valence-corrected chi connectivity index (χ3v) is 3.93. The summed E-state index contributed by atoms with van der Waals surface area (Å²) in [5.41, 5.74) is 7.60. The number of hydrogen-bond acceptors (Lipinski definition) is 4. The number of aliphatic hydroxyl groups is 1. The molecule has 0 amide bonds. The van der Waals surface area contributed by atoms with E-state index in [2.05, 4.69) is 37.8 Å². The van der Waals surface area contributed by atoms with Gasteiger partial charge in [0.1, 0.15) is 5.75 Å². The van der Waals surface area contributed by atoms with Crippen LogP contribution in [0, 0.1) is 0 Å². The number of aliphatic hydroxyl groups excluding tert-OH is 1. The van der Waals surface area contributed by atoms with Crippen LogP contribution in [0.3, 0.4) is 0 Å². The van der Waals surface area contributed by atoms with E-state index in [1.54, 1.807) is 7.11 Å². The number of nitrogens with zero attached hydrogens (tertiary/aromatic N) is 1. The summed E-state index contributed by atoms with van der Waals surface area (Å²) in [5.74, 6) is 0.856. The monoisotopic (exact) mass is 294 g/mol. The molecule has 3 N–H and O–H groups in total. The van der Waals surface area contributed by atoms with Crippen molar-refractivity contribution in [2.75, 3.05) is 20.3 Å². The highest BCUT2D eigenvalue weighted by atomic mass is 16.5. The molecule has 0 aromatic heterocycles. The number of hydrogen-bond donors (Lipinski definition) is 2. The lowest BCUT2D eigenvalue weighted by molar-refractivity contribution is 0.118. The molecule has 0 saturated carbocycles. The molecule has 120 valence electrons. The van der Waals surface area contributed by atoms with Gasteiger partial charge in [0, 0.05) is 25.2 Å². The van der Waals surface area contributed by atoms with Gasteiger partial charge >= 0.3 is 0 Å². The molecule has 0 radical (unpaired) electrons. The smallest absolute Gasteiger partial charge is 0.118 e. The van der Waals surface area contributed by atoms with Gasteiger partial charge in [-0.15, -0.1) is 0 Å². The molecule has 1 rings (SSSR count). The number of ether oxygens (including phenoxy) is 1. The van der Waals surface area contributed by atoms with Crippen LogP contribution in [0.15, 0.2) is 24.3 Å². The SMILES string of the molecule is CCC(N)C(c1ccc(OC)cc1)N(CCCO)C(C)C. The van der Waals surface area contributed by atoms with Gasteiger partial charge in [0.05, 0.1) is 13.2 Å². The van der Waals surface area contributed by atoms with E-state index in [1.807, 2.05) is 12.1 Å². The fourth-order valence-corrected chi connectivity index (χ4v) is 2.68. The van der Waals surface area contributed by atoms with E-state index >= 15 is 0 Å². The molecule has 4 heteroatoms. The zero-order valence-corrected chi connectivity index (χ0v) is 13.7. The number of rotatable bonds is 9. The van der Waals surface area contributed by atoms with Crippen LogP contribution in [0.2, 0.25) is 0 Å². The van der Waals surface area contributed by atoms with Crippen molar-refractivity contribution in [1.82, 2.24) is 4.90 Å². The van der Waals surface area contributed by atoms with E-state index in [0.29, 0.717) is 6.04 Å². The fraction of sp³-hybridized carbons (Fsp3) is 0.647. The first kappa shape index (κ1) is 18.0. The lowest BCUT2D eigenvalue weighted by Gasteiger charge is -2.38. The Morgan fingerprint density at radius 2 is 1.86 bits per heavy atom. The van der Waals surface area contributed by atoms with Crippen molar-refractivity contribution in [3.05, 3.63) is 29.8 Å². The number of benzene rings is 1. The minimum atomic E-state index is 0.0690. The molecule has 0 aliphatic rings. The maximum atomic E-state index is 9.14. The molecule has 4 nitrogen and oxygen atoms in total. The zero-order chi connectivity index (χ0) is 15.8. The first-order valence-corrected chi connectivity index (χ1v) is 7.81. The van der Waals surface area contributed by atoms with Gasteiger partial charge in [-0.2, -0.15) is 0 Å². The second-order valence-corrected chi connectivity index (χ2v) is 5.70. The van der Waals surface area contributed by atoms with Gasteiger partial charge in [0.15, 0.2) is 0 Å². The summed E-state index contributed by atoms with van der Waals surface area (Å²) in [6.45, 7) is 7.52. The average Bonchev–Trinajstić information content (AvgIpc) is 2.50. The van der Waals surface area contributed by atoms with Gasteiger partial charge in [-0.05, 0) is 44.4 Å². The molecule has 2 atom stereocenters. The van der Waals surface area contributed by atoms with Crippen molar-refractivity contribution >= 4 is 0 Å². The average molecular weight is 294 g/mol. The highest BCUT2D eigenvalue weighted by Crippen LogP contribution is 2.28. The topological polar surface area (TPSA) is 58.7 Å².